The molecule has 1 aliphatic heterocycles. The van der Waals surface area contributed by atoms with Crippen LogP contribution in [0.25, 0.3) is 21.1 Å². The fourth-order valence-corrected chi connectivity index (χ4v) is 6.16. The fourth-order valence-electron chi connectivity index (χ4n) is 4.89. The largest absolute Gasteiger partial charge is 0.436 e. The summed E-state index contributed by atoms with van der Waals surface area (Å²) in [6, 6.07) is 10.1. The molecule has 0 amide bonds. The Labute approximate surface area is 186 Å². The molecule has 1 fully saturated rings. The third kappa shape index (κ3) is 3.68. The number of ether oxygens (including phenoxy) is 1. The maximum Gasteiger partial charge on any atom is 0.231 e. The summed E-state index contributed by atoms with van der Waals surface area (Å²) in [7, 11) is 0. The van der Waals surface area contributed by atoms with Gasteiger partial charge in [0.1, 0.15) is 16.2 Å². The van der Waals surface area contributed by atoms with Crippen molar-refractivity contribution < 1.29 is 4.74 Å². The summed E-state index contributed by atoms with van der Waals surface area (Å²) < 4.78 is 6.53. The van der Waals surface area contributed by atoms with Crippen molar-refractivity contribution >= 4 is 32.5 Å². The third-order valence-electron chi connectivity index (χ3n) is 6.44. The number of likely N-dealkylation sites (tertiary alicyclic amines) is 1. The summed E-state index contributed by atoms with van der Waals surface area (Å²) in [5, 5.41) is 2.20. The molecule has 31 heavy (non-hydrogen) atoms. The number of hydrogen-bond donors (Lipinski definition) is 0. The summed E-state index contributed by atoms with van der Waals surface area (Å²) in [6.45, 7) is 3.06. The van der Waals surface area contributed by atoms with Crippen molar-refractivity contribution in [1.29, 1.82) is 0 Å². The fraction of sp³-hybridized carbons (Fsp3) is 0.400. The second-order valence-corrected chi connectivity index (χ2v) is 9.69. The van der Waals surface area contributed by atoms with Crippen molar-refractivity contribution in [1.82, 2.24) is 19.9 Å². The van der Waals surface area contributed by atoms with E-state index in [1.165, 1.54) is 42.5 Å². The van der Waals surface area contributed by atoms with E-state index >= 15 is 0 Å². The van der Waals surface area contributed by atoms with E-state index < -0.39 is 0 Å². The summed E-state index contributed by atoms with van der Waals surface area (Å²) in [6.07, 6.45) is 10.4. The molecule has 0 bridgehead atoms. The summed E-state index contributed by atoms with van der Waals surface area (Å²) >= 11 is 1.84. The van der Waals surface area contributed by atoms with E-state index in [0.717, 1.165) is 65.2 Å². The molecule has 0 radical (unpaired) electrons. The van der Waals surface area contributed by atoms with Crippen molar-refractivity contribution in [3.8, 4) is 11.6 Å². The van der Waals surface area contributed by atoms with Gasteiger partial charge in [0.2, 0.25) is 5.88 Å². The number of benzene rings is 1. The Balaban J connectivity index is 1.46. The van der Waals surface area contributed by atoms with Crippen LogP contribution in [-0.2, 0) is 19.4 Å². The minimum Gasteiger partial charge on any atom is -0.436 e. The van der Waals surface area contributed by atoms with Crippen molar-refractivity contribution in [2.24, 2.45) is 0 Å². The molecule has 1 saturated heterocycles. The normalized spacial score (nSPS) is 17.2. The van der Waals surface area contributed by atoms with E-state index in [9.17, 15) is 0 Å². The lowest BCUT2D eigenvalue weighted by atomic mass is 9.97. The average molecular weight is 431 g/mol. The number of hydrogen-bond acceptors (Lipinski definition) is 6. The van der Waals surface area contributed by atoms with Crippen LogP contribution >= 0.6 is 11.3 Å². The molecule has 3 aromatic heterocycles. The van der Waals surface area contributed by atoms with Gasteiger partial charge in [-0.3, -0.25) is 9.88 Å². The highest BCUT2D eigenvalue weighted by Crippen LogP contribution is 2.41. The van der Waals surface area contributed by atoms with Crippen LogP contribution in [0, 0.1) is 0 Å². The number of piperidine rings is 1. The standard InChI is InChI=1S/C25H26N4OS/c1-4-14-29(15-5-1)16-21-27-24(22-18-10-2-3-12-20(18)31-25(22)28-21)30-19-11-6-8-17-9-7-13-26-23(17)19/h6-9,11,13H,1-5,10,12,14-16H2. The first-order valence-corrected chi connectivity index (χ1v) is 12.2. The SMILES string of the molecule is c1cnc2c(Oc3nc(CN4CCCCC4)nc4sc5c(c34)CCCC5)cccc2c1. The predicted octanol–water partition coefficient (Wildman–Crippen LogP) is 5.90. The van der Waals surface area contributed by atoms with Crippen LogP contribution < -0.4 is 4.74 Å². The molecule has 2 aliphatic rings. The first-order valence-electron chi connectivity index (χ1n) is 11.4. The highest BCUT2D eigenvalue weighted by Gasteiger charge is 2.23. The van der Waals surface area contributed by atoms with Crippen LogP contribution in [0.4, 0.5) is 0 Å². The van der Waals surface area contributed by atoms with Crippen LogP contribution in [0.15, 0.2) is 36.5 Å². The van der Waals surface area contributed by atoms with Gasteiger partial charge in [0, 0.05) is 16.5 Å². The Morgan fingerprint density at radius 2 is 1.81 bits per heavy atom. The number of aromatic nitrogens is 3. The zero-order chi connectivity index (χ0) is 20.6. The van der Waals surface area contributed by atoms with E-state index in [4.69, 9.17) is 14.7 Å². The van der Waals surface area contributed by atoms with Gasteiger partial charge >= 0.3 is 0 Å². The molecule has 0 saturated carbocycles. The third-order valence-corrected chi connectivity index (χ3v) is 7.63. The zero-order valence-electron chi connectivity index (χ0n) is 17.6. The maximum absolute atomic E-state index is 6.53. The summed E-state index contributed by atoms with van der Waals surface area (Å²) in [5.74, 6) is 2.34. The van der Waals surface area contributed by atoms with E-state index in [-0.39, 0.29) is 0 Å². The minimum absolute atomic E-state index is 0.703. The monoisotopic (exact) mass is 430 g/mol. The van der Waals surface area contributed by atoms with Gasteiger partial charge in [-0.2, -0.15) is 4.98 Å². The highest BCUT2D eigenvalue weighted by molar-refractivity contribution is 7.18. The molecule has 0 atom stereocenters. The van der Waals surface area contributed by atoms with E-state index in [2.05, 4.69) is 22.0 Å². The van der Waals surface area contributed by atoms with Gasteiger partial charge in [0.25, 0.3) is 0 Å². The summed E-state index contributed by atoms with van der Waals surface area (Å²) in [5.41, 5.74) is 2.28. The lowest BCUT2D eigenvalue weighted by Crippen LogP contribution is -2.29. The lowest BCUT2D eigenvalue weighted by molar-refractivity contribution is 0.215. The first-order chi connectivity index (χ1) is 15.3. The van der Waals surface area contributed by atoms with Gasteiger partial charge < -0.3 is 4.74 Å². The van der Waals surface area contributed by atoms with Crippen LogP contribution in [0.3, 0.4) is 0 Å². The Kier molecular flexibility index (Phi) is 5.04. The van der Waals surface area contributed by atoms with Crippen LogP contribution in [0.2, 0.25) is 0 Å². The maximum atomic E-state index is 6.53. The minimum atomic E-state index is 0.703. The molecular formula is C25H26N4OS. The highest BCUT2D eigenvalue weighted by atomic mass is 32.1. The smallest absolute Gasteiger partial charge is 0.231 e. The van der Waals surface area contributed by atoms with Gasteiger partial charge in [-0.25, -0.2) is 4.98 Å². The summed E-state index contributed by atoms with van der Waals surface area (Å²) in [4.78, 5) is 19.6. The molecule has 4 aromatic rings. The molecule has 6 rings (SSSR count). The number of rotatable bonds is 4. The van der Waals surface area contributed by atoms with Crippen molar-refractivity contribution in [2.75, 3.05) is 13.1 Å². The Morgan fingerprint density at radius 3 is 2.74 bits per heavy atom. The Bertz CT molecular complexity index is 1240. The first kappa shape index (κ1) is 19.1. The van der Waals surface area contributed by atoms with E-state index in [0.29, 0.717) is 5.88 Å². The molecule has 5 nitrogen and oxygen atoms in total. The quantitative estimate of drug-likeness (QED) is 0.404. The Hall–Kier alpha value is -2.57. The molecule has 4 heterocycles. The van der Waals surface area contributed by atoms with Crippen LogP contribution in [-0.4, -0.2) is 32.9 Å². The lowest BCUT2D eigenvalue weighted by Gasteiger charge is -2.25. The topological polar surface area (TPSA) is 51.1 Å². The molecule has 158 valence electrons. The zero-order valence-corrected chi connectivity index (χ0v) is 18.5. The number of thiophene rings is 1. The van der Waals surface area contributed by atoms with Gasteiger partial charge in [-0.1, -0.05) is 24.6 Å². The molecular weight excluding hydrogens is 404 g/mol. The number of pyridine rings is 1. The molecule has 0 spiro atoms. The van der Waals surface area contributed by atoms with Crippen molar-refractivity contribution in [3.05, 3.63) is 52.8 Å². The van der Waals surface area contributed by atoms with Crippen LogP contribution in [0.1, 0.15) is 48.4 Å². The number of para-hydroxylation sites is 1. The molecule has 0 unspecified atom stereocenters. The second kappa shape index (κ2) is 8.17. The molecule has 6 heteroatoms. The number of fused-ring (bicyclic) bond motifs is 4. The van der Waals surface area contributed by atoms with Gasteiger partial charge in [0.05, 0.1) is 11.9 Å². The number of aryl methyl sites for hydroxylation is 2. The van der Waals surface area contributed by atoms with Gasteiger partial charge in [0.15, 0.2) is 5.75 Å². The van der Waals surface area contributed by atoms with Crippen LogP contribution in [0.5, 0.6) is 11.6 Å². The number of nitrogens with zero attached hydrogens (tertiary/aromatic N) is 4. The van der Waals surface area contributed by atoms with E-state index in [1.54, 1.807) is 0 Å². The molecule has 1 aromatic carbocycles. The van der Waals surface area contributed by atoms with Gasteiger partial charge in [-0.05, 0) is 69.3 Å². The molecule has 1 aliphatic carbocycles. The molecule has 0 N–H and O–H groups in total. The van der Waals surface area contributed by atoms with Crippen molar-refractivity contribution in [3.63, 3.8) is 0 Å². The van der Waals surface area contributed by atoms with Gasteiger partial charge in [-0.15, -0.1) is 11.3 Å². The van der Waals surface area contributed by atoms with Crippen molar-refractivity contribution in [2.45, 2.75) is 51.5 Å². The predicted molar refractivity (Wildman–Crippen MR) is 125 cm³/mol. The average Bonchev–Trinajstić information content (AvgIpc) is 3.19. The van der Waals surface area contributed by atoms with E-state index in [1.807, 2.05) is 35.7 Å². The second-order valence-electron chi connectivity index (χ2n) is 8.61. The Morgan fingerprint density at radius 1 is 0.935 bits per heavy atom.